The van der Waals surface area contributed by atoms with Crippen LogP contribution in [0.4, 0.5) is 4.39 Å². The van der Waals surface area contributed by atoms with E-state index in [4.69, 9.17) is 9.26 Å². The number of hydrogen-bond donors (Lipinski definition) is 1. The van der Waals surface area contributed by atoms with Gasteiger partial charge in [-0.1, -0.05) is 35.0 Å². The summed E-state index contributed by atoms with van der Waals surface area (Å²) in [6.07, 6.45) is 1.88. The minimum absolute atomic E-state index is 0.0633. The third-order valence-electron chi connectivity index (χ3n) is 6.13. The van der Waals surface area contributed by atoms with Crippen LogP contribution in [-0.2, 0) is 16.1 Å². The molecule has 8 heteroatoms. The highest BCUT2D eigenvalue weighted by molar-refractivity contribution is 5.93. The quantitative estimate of drug-likeness (QED) is 0.491. The van der Waals surface area contributed by atoms with Crippen molar-refractivity contribution >= 4 is 11.8 Å². The van der Waals surface area contributed by atoms with Crippen LogP contribution in [0, 0.1) is 19.7 Å². The predicted octanol–water partition coefficient (Wildman–Crippen LogP) is 4.43. The molecule has 0 bridgehead atoms. The molecule has 4 rings (SSSR count). The van der Waals surface area contributed by atoms with Gasteiger partial charge in [0.15, 0.2) is 11.5 Å². The highest BCUT2D eigenvalue weighted by Crippen LogP contribution is 2.26. The fourth-order valence-corrected chi connectivity index (χ4v) is 4.10. The van der Waals surface area contributed by atoms with E-state index < -0.39 is 0 Å². The second-order valence-electron chi connectivity index (χ2n) is 8.93. The average Bonchev–Trinajstić information content (AvgIpc) is 3.55. The first-order valence-corrected chi connectivity index (χ1v) is 11.9. The molecule has 1 aliphatic heterocycles. The summed E-state index contributed by atoms with van der Waals surface area (Å²) in [5, 5.41) is 6.85. The van der Waals surface area contributed by atoms with Crippen LogP contribution in [0.3, 0.4) is 0 Å². The number of hydrogen-bond acceptors (Lipinski definition) is 5. The van der Waals surface area contributed by atoms with Crippen LogP contribution >= 0.6 is 0 Å². The second-order valence-corrected chi connectivity index (χ2v) is 8.93. The van der Waals surface area contributed by atoms with Crippen LogP contribution < -0.4 is 5.32 Å². The molecular formula is C27H30FN3O4. The van der Waals surface area contributed by atoms with Crippen LogP contribution in [0.2, 0.25) is 0 Å². The van der Waals surface area contributed by atoms with Gasteiger partial charge in [0.05, 0.1) is 6.10 Å². The van der Waals surface area contributed by atoms with E-state index in [2.05, 4.69) is 10.5 Å². The molecule has 1 aliphatic rings. The van der Waals surface area contributed by atoms with Crippen molar-refractivity contribution < 1.29 is 23.2 Å². The van der Waals surface area contributed by atoms with Crippen molar-refractivity contribution in [2.45, 2.75) is 45.8 Å². The van der Waals surface area contributed by atoms with Crippen molar-refractivity contribution in [3.05, 3.63) is 76.7 Å². The van der Waals surface area contributed by atoms with Gasteiger partial charge in [-0.2, -0.15) is 0 Å². The Morgan fingerprint density at radius 3 is 2.69 bits per heavy atom. The minimum atomic E-state index is -0.322. The topological polar surface area (TPSA) is 84.7 Å². The van der Waals surface area contributed by atoms with Gasteiger partial charge < -0.3 is 19.5 Å². The van der Waals surface area contributed by atoms with Crippen molar-refractivity contribution in [2.24, 2.45) is 0 Å². The highest BCUT2D eigenvalue weighted by atomic mass is 19.1. The first-order valence-electron chi connectivity index (χ1n) is 11.9. The van der Waals surface area contributed by atoms with Crippen LogP contribution in [0.15, 0.2) is 53.1 Å². The van der Waals surface area contributed by atoms with E-state index in [9.17, 15) is 14.0 Å². The fraction of sp³-hybridized carbons (Fsp3) is 0.370. The predicted molar refractivity (Wildman–Crippen MR) is 129 cm³/mol. The van der Waals surface area contributed by atoms with Gasteiger partial charge >= 0.3 is 0 Å². The number of halogens is 1. The molecule has 0 saturated carbocycles. The lowest BCUT2D eigenvalue weighted by atomic mass is 10.0. The Hall–Kier alpha value is -3.52. The summed E-state index contributed by atoms with van der Waals surface area (Å²) in [6, 6.07) is 13.6. The maximum absolute atomic E-state index is 13.3. The van der Waals surface area contributed by atoms with Crippen LogP contribution in [0.1, 0.15) is 46.4 Å². The van der Waals surface area contributed by atoms with Gasteiger partial charge in [-0.15, -0.1) is 0 Å². The summed E-state index contributed by atoms with van der Waals surface area (Å²) in [5.74, 6) is -0.288. The molecule has 7 nitrogen and oxygen atoms in total. The molecule has 0 unspecified atom stereocenters. The van der Waals surface area contributed by atoms with Gasteiger partial charge in [-0.3, -0.25) is 9.59 Å². The van der Waals surface area contributed by atoms with E-state index in [-0.39, 0.29) is 42.4 Å². The summed E-state index contributed by atoms with van der Waals surface area (Å²) in [7, 11) is 0. The molecule has 3 aromatic rings. The highest BCUT2D eigenvalue weighted by Gasteiger charge is 2.26. The van der Waals surface area contributed by atoms with E-state index >= 15 is 0 Å². The molecule has 1 N–H and O–H groups in total. The lowest BCUT2D eigenvalue weighted by Crippen LogP contribution is -2.40. The molecule has 2 aromatic carbocycles. The van der Waals surface area contributed by atoms with Gasteiger partial charge in [0.25, 0.3) is 5.91 Å². The smallest absolute Gasteiger partial charge is 0.276 e. The van der Waals surface area contributed by atoms with Crippen molar-refractivity contribution in [1.29, 1.82) is 0 Å². The van der Waals surface area contributed by atoms with Crippen molar-refractivity contribution in [3.63, 3.8) is 0 Å². The van der Waals surface area contributed by atoms with E-state index in [1.807, 2.05) is 32.0 Å². The SMILES string of the molecule is Cc1ccc(C)c(-c2cc(C(=O)N(CCC(=O)NCc3ccc(F)cc3)C[C@@H]3CCCO3)no2)c1. The van der Waals surface area contributed by atoms with Crippen molar-refractivity contribution in [1.82, 2.24) is 15.4 Å². The number of ether oxygens (including phenoxy) is 1. The van der Waals surface area contributed by atoms with Gasteiger partial charge in [-0.25, -0.2) is 4.39 Å². The lowest BCUT2D eigenvalue weighted by Gasteiger charge is -2.24. The molecule has 0 radical (unpaired) electrons. The molecule has 35 heavy (non-hydrogen) atoms. The van der Waals surface area contributed by atoms with Crippen LogP contribution in [0.5, 0.6) is 0 Å². The minimum Gasteiger partial charge on any atom is -0.376 e. The number of carbonyl (C=O) groups excluding carboxylic acids is 2. The zero-order valence-corrected chi connectivity index (χ0v) is 20.1. The molecular weight excluding hydrogens is 449 g/mol. The molecule has 184 valence electrons. The van der Waals surface area contributed by atoms with Gasteiger partial charge in [0.1, 0.15) is 5.82 Å². The first kappa shape index (κ1) is 24.6. The lowest BCUT2D eigenvalue weighted by molar-refractivity contribution is -0.121. The Bertz CT molecular complexity index is 1170. The van der Waals surface area contributed by atoms with E-state index in [0.717, 1.165) is 35.1 Å². The average molecular weight is 480 g/mol. The van der Waals surface area contributed by atoms with E-state index in [1.165, 1.54) is 12.1 Å². The number of aromatic nitrogens is 1. The Kier molecular flexibility index (Phi) is 7.92. The normalized spacial score (nSPS) is 15.2. The molecule has 2 amide bonds. The third kappa shape index (κ3) is 6.54. The summed E-state index contributed by atoms with van der Waals surface area (Å²) in [4.78, 5) is 27.4. The second kappa shape index (κ2) is 11.3. The number of nitrogens with one attached hydrogen (secondary N) is 1. The fourth-order valence-electron chi connectivity index (χ4n) is 4.10. The number of benzene rings is 2. The zero-order chi connectivity index (χ0) is 24.8. The van der Waals surface area contributed by atoms with Crippen molar-refractivity contribution in [3.8, 4) is 11.3 Å². The number of aryl methyl sites for hydroxylation is 2. The standard InChI is InChI=1S/C27H30FN3O4/c1-18-5-6-19(2)23(14-18)25-15-24(30-35-25)27(33)31(17-22-4-3-13-34-22)12-11-26(32)29-16-20-7-9-21(28)10-8-20/h5-10,14-15,22H,3-4,11-13,16-17H2,1-2H3,(H,29,32)/t22-/m0/s1. The van der Waals surface area contributed by atoms with Gasteiger partial charge in [0, 0.05) is 44.3 Å². The first-order chi connectivity index (χ1) is 16.9. The number of nitrogens with zero attached hydrogens (tertiary/aromatic N) is 2. The largest absolute Gasteiger partial charge is 0.376 e. The molecule has 0 aliphatic carbocycles. The summed E-state index contributed by atoms with van der Waals surface area (Å²) in [6.45, 7) is 5.55. The third-order valence-corrected chi connectivity index (χ3v) is 6.13. The summed E-state index contributed by atoms with van der Waals surface area (Å²) in [5.41, 5.74) is 4.00. The summed E-state index contributed by atoms with van der Waals surface area (Å²) >= 11 is 0. The number of carbonyl (C=O) groups is 2. The molecule has 1 fully saturated rings. The van der Waals surface area contributed by atoms with Gasteiger partial charge in [-0.05, 0) is 56.0 Å². The Balaban J connectivity index is 1.41. The molecule has 1 saturated heterocycles. The molecule has 1 atom stereocenters. The molecule has 1 aromatic heterocycles. The Morgan fingerprint density at radius 1 is 1.14 bits per heavy atom. The zero-order valence-electron chi connectivity index (χ0n) is 20.1. The van der Waals surface area contributed by atoms with Gasteiger partial charge in [0.2, 0.25) is 5.91 Å². The number of rotatable bonds is 9. The number of amides is 2. The molecule has 2 heterocycles. The maximum atomic E-state index is 13.3. The maximum Gasteiger partial charge on any atom is 0.276 e. The monoisotopic (exact) mass is 479 g/mol. The van der Waals surface area contributed by atoms with Crippen LogP contribution in [0.25, 0.3) is 11.3 Å². The molecule has 0 spiro atoms. The van der Waals surface area contributed by atoms with E-state index in [1.54, 1.807) is 23.1 Å². The summed E-state index contributed by atoms with van der Waals surface area (Å²) < 4.78 is 24.3. The van der Waals surface area contributed by atoms with E-state index in [0.29, 0.717) is 25.5 Å². The Morgan fingerprint density at radius 2 is 1.94 bits per heavy atom. The Labute approximate surface area is 204 Å². The van der Waals surface area contributed by atoms with Crippen LogP contribution in [-0.4, -0.2) is 47.7 Å². The van der Waals surface area contributed by atoms with Crippen molar-refractivity contribution in [2.75, 3.05) is 19.7 Å².